The van der Waals surface area contributed by atoms with Crippen molar-refractivity contribution in [3.05, 3.63) is 28.6 Å². The number of aromatic nitrogens is 1. The molecular formula is C12H15N3O4. The number of hydrogen-bond donors (Lipinski definition) is 1. The number of carboxylic acid groups (broad SMARTS) is 1. The molecule has 0 bridgehead atoms. The summed E-state index contributed by atoms with van der Waals surface area (Å²) < 4.78 is 0. The van der Waals surface area contributed by atoms with Gasteiger partial charge < -0.3 is 10.0 Å². The summed E-state index contributed by atoms with van der Waals surface area (Å²) in [4.78, 5) is 27.4. The molecule has 2 rings (SSSR count). The fraction of sp³-hybridized carbons (Fsp3) is 0.500. The van der Waals surface area contributed by atoms with Crippen molar-refractivity contribution in [1.29, 1.82) is 0 Å². The molecule has 0 saturated carbocycles. The van der Waals surface area contributed by atoms with Crippen molar-refractivity contribution in [1.82, 2.24) is 4.98 Å². The van der Waals surface area contributed by atoms with Crippen molar-refractivity contribution in [3.63, 3.8) is 0 Å². The van der Waals surface area contributed by atoms with E-state index in [0.29, 0.717) is 18.7 Å². The maximum absolute atomic E-state index is 11.5. The van der Waals surface area contributed by atoms with E-state index < -0.39 is 16.4 Å². The van der Waals surface area contributed by atoms with Crippen LogP contribution in [0.15, 0.2) is 18.5 Å². The van der Waals surface area contributed by atoms with E-state index in [-0.39, 0.29) is 5.69 Å². The molecule has 19 heavy (non-hydrogen) atoms. The van der Waals surface area contributed by atoms with Gasteiger partial charge in [0.25, 0.3) is 0 Å². The molecule has 1 aliphatic rings. The SMILES string of the molecule is CC1(C(=O)O)CCCCN1c1ccncc1[N+](=O)[O-]. The van der Waals surface area contributed by atoms with E-state index in [2.05, 4.69) is 4.98 Å². The maximum atomic E-state index is 11.5. The third kappa shape index (κ3) is 2.23. The minimum atomic E-state index is -1.11. The molecule has 1 atom stereocenters. The van der Waals surface area contributed by atoms with Crippen LogP contribution in [0.25, 0.3) is 0 Å². The molecule has 1 aromatic heterocycles. The number of rotatable bonds is 3. The third-order valence-corrected chi connectivity index (χ3v) is 3.62. The van der Waals surface area contributed by atoms with E-state index in [9.17, 15) is 20.0 Å². The first kappa shape index (κ1) is 13.3. The normalized spacial score (nSPS) is 23.1. The van der Waals surface area contributed by atoms with Crippen LogP contribution in [0.4, 0.5) is 11.4 Å². The van der Waals surface area contributed by atoms with E-state index in [1.165, 1.54) is 12.3 Å². The van der Waals surface area contributed by atoms with Crippen LogP contribution < -0.4 is 4.90 Å². The van der Waals surface area contributed by atoms with Crippen LogP contribution in [0, 0.1) is 10.1 Å². The number of aliphatic carboxylic acids is 1. The lowest BCUT2D eigenvalue weighted by Crippen LogP contribution is -2.55. The number of nitrogens with zero attached hydrogens (tertiary/aromatic N) is 3. The molecule has 1 aliphatic heterocycles. The molecule has 0 amide bonds. The summed E-state index contributed by atoms with van der Waals surface area (Å²) in [6.45, 7) is 2.10. The summed E-state index contributed by atoms with van der Waals surface area (Å²) >= 11 is 0. The number of pyridine rings is 1. The molecule has 0 spiro atoms. The van der Waals surface area contributed by atoms with Gasteiger partial charge in [0.15, 0.2) is 0 Å². The zero-order valence-electron chi connectivity index (χ0n) is 10.6. The van der Waals surface area contributed by atoms with Crippen molar-refractivity contribution in [2.45, 2.75) is 31.7 Å². The first-order valence-corrected chi connectivity index (χ1v) is 6.06. The van der Waals surface area contributed by atoms with Gasteiger partial charge in [-0.2, -0.15) is 0 Å². The number of carboxylic acids is 1. The zero-order valence-corrected chi connectivity index (χ0v) is 10.6. The van der Waals surface area contributed by atoms with Crippen LogP contribution in [0.3, 0.4) is 0 Å². The van der Waals surface area contributed by atoms with Crippen molar-refractivity contribution in [2.75, 3.05) is 11.4 Å². The van der Waals surface area contributed by atoms with Gasteiger partial charge in [-0.3, -0.25) is 15.1 Å². The first-order valence-electron chi connectivity index (χ1n) is 6.06. The highest BCUT2D eigenvalue weighted by atomic mass is 16.6. The van der Waals surface area contributed by atoms with E-state index in [1.54, 1.807) is 11.8 Å². The lowest BCUT2D eigenvalue weighted by molar-refractivity contribution is -0.384. The highest BCUT2D eigenvalue weighted by Crippen LogP contribution is 2.37. The van der Waals surface area contributed by atoms with E-state index in [0.717, 1.165) is 19.0 Å². The number of hydrogen-bond acceptors (Lipinski definition) is 5. The number of carbonyl (C=O) groups is 1. The quantitative estimate of drug-likeness (QED) is 0.661. The Morgan fingerprint density at radius 1 is 1.58 bits per heavy atom. The van der Waals surface area contributed by atoms with Gasteiger partial charge in [0.1, 0.15) is 17.4 Å². The highest BCUT2D eigenvalue weighted by Gasteiger charge is 2.43. The minimum absolute atomic E-state index is 0.156. The Labute approximate surface area is 110 Å². The number of piperidine rings is 1. The molecule has 1 saturated heterocycles. The Bertz CT molecular complexity index is 519. The fourth-order valence-corrected chi connectivity index (χ4v) is 2.48. The molecule has 2 heterocycles. The van der Waals surface area contributed by atoms with Gasteiger partial charge in [-0.1, -0.05) is 0 Å². The zero-order chi connectivity index (χ0) is 14.0. The van der Waals surface area contributed by atoms with Crippen LogP contribution in [0.5, 0.6) is 0 Å². The number of anilines is 1. The fourth-order valence-electron chi connectivity index (χ4n) is 2.48. The van der Waals surface area contributed by atoms with Crippen LogP contribution in [-0.2, 0) is 4.79 Å². The Balaban J connectivity index is 2.49. The predicted octanol–water partition coefficient (Wildman–Crippen LogP) is 1.82. The Morgan fingerprint density at radius 2 is 2.32 bits per heavy atom. The van der Waals surface area contributed by atoms with Crippen LogP contribution in [0.1, 0.15) is 26.2 Å². The van der Waals surface area contributed by atoms with E-state index in [4.69, 9.17) is 0 Å². The molecule has 1 N–H and O–H groups in total. The summed E-state index contributed by atoms with van der Waals surface area (Å²) in [7, 11) is 0. The molecule has 102 valence electrons. The second-order valence-electron chi connectivity index (χ2n) is 4.81. The van der Waals surface area contributed by atoms with Crippen LogP contribution >= 0.6 is 0 Å². The Hall–Kier alpha value is -2.18. The van der Waals surface area contributed by atoms with Crippen LogP contribution in [0.2, 0.25) is 0 Å². The van der Waals surface area contributed by atoms with Crippen molar-refractivity contribution in [2.24, 2.45) is 0 Å². The average Bonchev–Trinajstić information content (AvgIpc) is 2.39. The Kier molecular flexibility index (Phi) is 3.37. The van der Waals surface area contributed by atoms with Crippen LogP contribution in [-0.4, -0.2) is 33.1 Å². The average molecular weight is 265 g/mol. The standard InChI is InChI=1S/C12H15N3O4/c1-12(11(16)17)5-2-3-7-14(12)9-4-6-13-8-10(9)15(18)19/h4,6,8H,2-3,5,7H2,1H3,(H,16,17). The van der Waals surface area contributed by atoms with E-state index in [1.807, 2.05) is 0 Å². The topological polar surface area (TPSA) is 96.6 Å². The predicted molar refractivity (Wildman–Crippen MR) is 68.1 cm³/mol. The molecular weight excluding hydrogens is 250 g/mol. The first-order chi connectivity index (χ1) is 8.97. The van der Waals surface area contributed by atoms with Gasteiger partial charge >= 0.3 is 11.7 Å². The molecule has 0 aliphatic carbocycles. The lowest BCUT2D eigenvalue weighted by atomic mass is 9.88. The highest BCUT2D eigenvalue weighted by molar-refractivity contribution is 5.84. The summed E-state index contributed by atoms with van der Waals surface area (Å²) in [5.74, 6) is -0.960. The molecule has 0 radical (unpaired) electrons. The molecule has 7 nitrogen and oxygen atoms in total. The van der Waals surface area contributed by atoms with Gasteiger partial charge in [0, 0.05) is 12.7 Å². The summed E-state index contributed by atoms with van der Waals surface area (Å²) in [5, 5.41) is 20.5. The number of nitro groups is 1. The monoisotopic (exact) mass is 265 g/mol. The largest absolute Gasteiger partial charge is 0.480 e. The van der Waals surface area contributed by atoms with Crippen molar-refractivity contribution < 1.29 is 14.8 Å². The van der Waals surface area contributed by atoms with Crippen molar-refractivity contribution in [3.8, 4) is 0 Å². The van der Waals surface area contributed by atoms with Gasteiger partial charge in [-0.15, -0.1) is 0 Å². The maximum Gasteiger partial charge on any atom is 0.329 e. The molecule has 1 unspecified atom stereocenters. The molecule has 7 heteroatoms. The Morgan fingerprint density at radius 3 is 2.95 bits per heavy atom. The van der Waals surface area contributed by atoms with Gasteiger partial charge in [-0.05, 0) is 32.3 Å². The third-order valence-electron chi connectivity index (χ3n) is 3.62. The minimum Gasteiger partial charge on any atom is -0.480 e. The summed E-state index contributed by atoms with van der Waals surface area (Å²) in [5.41, 5.74) is -0.939. The van der Waals surface area contributed by atoms with Gasteiger partial charge in [0.05, 0.1) is 4.92 Å². The second kappa shape index (κ2) is 4.83. The summed E-state index contributed by atoms with van der Waals surface area (Å²) in [6.07, 6.45) is 4.70. The summed E-state index contributed by atoms with van der Waals surface area (Å²) in [6, 6.07) is 1.50. The van der Waals surface area contributed by atoms with Crippen molar-refractivity contribution >= 4 is 17.3 Å². The lowest BCUT2D eigenvalue weighted by Gasteiger charge is -2.42. The second-order valence-corrected chi connectivity index (χ2v) is 4.81. The van der Waals surface area contributed by atoms with Gasteiger partial charge in [-0.25, -0.2) is 4.79 Å². The smallest absolute Gasteiger partial charge is 0.329 e. The molecule has 1 aromatic rings. The van der Waals surface area contributed by atoms with E-state index >= 15 is 0 Å². The molecule has 1 fully saturated rings. The van der Waals surface area contributed by atoms with Gasteiger partial charge in [0.2, 0.25) is 0 Å². The molecule has 0 aromatic carbocycles.